The standard InChI is InChI=1S/C21H20ClN3O5/c1-12-18(13(2)30-25-12)11-28-17-6-4-5-15(9-17)21(27)29-14(3)20(26)24-19-8-7-16(22)10-23-19/h4-10,14H,11H2,1-3H3,(H,23,24,26). The fraction of sp³-hybridized carbons (Fsp3) is 0.238. The molecule has 0 bridgehead atoms. The van der Waals surface area contributed by atoms with Gasteiger partial charge in [-0.1, -0.05) is 22.8 Å². The number of ether oxygens (including phenoxy) is 2. The zero-order valence-electron chi connectivity index (χ0n) is 16.6. The number of nitrogens with zero attached hydrogens (tertiary/aromatic N) is 2. The Hall–Kier alpha value is -3.39. The topological polar surface area (TPSA) is 104 Å². The molecular weight excluding hydrogens is 410 g/mol. The third-order valence-electron chi connectivity index (χ3n) is 4.27. The van der Waals surface area contributed by atoms with Crippen molar-refractivity contribution in [2.45, 2.75) is 33.5 Å². The van der Waals surface area contributed by atoms with Crippen LogP contribution < -0.4 is 10.1 Å². The molecular formula is C21H20ClN3O5. The van der Waals surface area contributed by atoms with Gasteiger partial charge >= 0.3 is 5.97 Å². The largest absolute Gasteiger partial charge is 0.489 e. The van der Waals surface area contributed by atoms with E-state index in [0.717, 1.165) is 11.3 Å². The van der Waals surface area contributed by atoms with Crippen LogP contribution in [0.3, 0.4) is 0 Å². The van der Waals surface area contributed by atoms with E-state index in [2.05, 4.69) is 15.5 Å². The van der Waals surface area contributed by atoms with Gasteiger partial charge in [-0.25, -0.2) is 9.78 Å². The summed E-state index contributed by atoms with van der Waals surface area (Å²) in [5, 5.41) is 6.89. The SMILES string of the molecule is Cc1noc(C)c1COc1cccc(C(=O)OC(C)C(=O)Nc2ccc(Cl)cn2)c1. The van der Waals surface area contributed by atoms with Crippen LogP contribution in [0.1, 0.15) is 34.3 Å². The number of hydrogen-bond donors (Lipinski definition) is 1. The number of aromatic nitrogens is 2. The van der Waals surface area contributed by atoms with Gasteiger partial charge in [-0.05, 0) is 51.1 Å². The third-order valence-corrected chi connectivity index (χ3v) is 4.49. The average Bonchev–Trinajstić information content (AvgIpc) is 3.05. The summed E-state index contributed by atoms with van der Waals surface area (Å²) in [7, 11) is 0. The molecule has 1 aromatic carbocycles. The lowest BCUT2D eigenvalue weighted by molar-refractivity contribution is -0.123. The fourth-order valence-corrected chi connectivity index (χ4v) is 2.65. The quantitative estimate of drug-likeness (QED) is 0.564. The highest BCUT2D eigenvalue weighted by Gasteiger charge is 2.20. The van der Waals surface area contributed by atoms with Crippen molar-refractivity contribution in [3.63, 3.8) is 0 Å². The number of rotatable bonds is 7. The van der Waals surface area contributed by atoms with E-state index in [1.807, 2.05) is 6.92 Å². The van der Waals surface area contributed by atoms with Gasteiger partial charge in [-0.3, -0.25) is 4.79 Å². The number of pyridine rings is 1. The molecule has 1 amide bonds. The Morgan fingerprint density at radius 3 is 2.70 bits per heavy atom. The van der Waals surface area contributed by atoms with Crippen molar-refractivity contribution in [1.29, 1.82) is 0 Å². The van der Waals surface area contributed by atoms with Gasteiger partial charge in [0.1, 0.15) is 23.9 Å². The molecule has 0 spiro atoms. The van der Waals surface area contributed by atoms with E-state index in [1.54, 1.807) is 43.3 Å². The predicted molar refractivity (Wildman–Crippen MR) is 110 cm³/mol. The molecule has 0 aliphatic carbocycles. The lowest BCUT2D eigenvalue weighted by Gasteiger charge is -2.14. The first kappa shape index (κ1) is 21.3. The maximum absolute atomic E-state index is 12.4. The number of aryl methyl sites for hydroxylation is 2. The maximum atomic E-state index is 12.4. The van der Waals surface area contributed by atoms with E-state index in [9.17, 15) is 9.59 Å². The zero-order chi connectivity index (χ0) is 21.7. The number of anilines is 1. The van der Waals surface area contributed by atoms with Gasteiger partial charge in [0.05, 0.1) is 21.8 Å². The van der Waals surface area contributed by atoms with Gasteiger partial charge in [0, 0.05) is 6.20 Å². The number of halogens is 1. The average molecular weight is 430 g/mol. The monoisotopic (exact) mass is 429 g/mol. The lowest BCUT2D eigenvalue weighted by Crippen LogP contribution is -2.30. The first-order chi connectivity index (χ1) is 14.3. The summed E-state index contributed by atoms with van der Waals surface area (Å²) in [6.45, 7) is 5.36. The molecule has 0 aliphatic heterocycles. The molecule has 0 saturated carbocycles. The van der Waals surface area contributed by atoms with E-state index in [0.29, 0.717) is 22.4 Å². The molecule has 1 N–H and O–H groups in total. The van der Waals surface area contributed by atoms with Crippen molar-refractivity contribution in [3.8, 4) is 5.75 Å². The zero-order valence-corrected chi connectivity index (χ0v) is 17.4. The smallest absolute Gasteiger partial charge is 0.339 e. The summed E-state index contributed by atoms with van der Waals surface area (Å²) >= 11 is 5.76. The van der Waals surface area contributed by atoms with Crippen molar-refractivity contribution < 1.29 is 23.6 Å². The van der Waals surface area contributed by atoms with E-state index in [4.69, 9.17) is 25.6 Å². The number of nitrogens with one attached hydrogen (secondary N) is 1. The molecule has 0 saturated heterocycles. The summed E-state index contributed by atoms with van der Waals surface area (Å²) < 4.78 is 16.1. The van der Waals surface area contributed by atoms with Crippen molar-refractivity contribution >= 4 is 29.3 Å². The van der Waals surface area contributed by atoms with Crippen LogP contribution in [0.4, 0.5) is 5.82 Å². The first-order valence-corrected chi connectivity index (χ1v) is 9.49. The Labute approximate surface area is 178 Å². The molecule has 9 heteroatoms. The minimum absolute atomic E-state index is 0.257. The van der Waals surface area contributed by atoms with E-state index in [1.165, 1.54) is 13.1 Å². The van der Waals surface area contributed by atoms with Crippen molar-refractivity contribution in [3.05, 3.63) is 70.2 Å². The third kappa shape index (κ3) is 5.36. The molecule has 0 aliphatic rings. The number of carbonyl (C=O) groups excluding carboxylic acids is 2. The molecule has 1 unspecified atom stereocenters. The van der Waals surface area contributed by atoms with Crippen LogP contribution >= 0.6 is 11.6 Å². The summed E-state index contributed by atoms with van der Waals surface area (Å²) in [6.07, 6.45) is 0.379. The second-order valence-electron chi connectivity index (χ2n) is 6.52. The minimum atomic E-state index is -1.03. The normalized spacial score (nSPS) is 11.6. The highest BCUT2D eigenvalue weighted by Crippen LogP contribution is 2.19. The summed E-state index contributed by atoms with van der Waals surface area (Å²) in [6, 6.07) is 9.66. The molecule has 0 fully saturated rings. The van der Waals surface area contributed by atoms with Crippen LogP contribution in [0.5, 0.6) is 5.75 Å². The summed E-state index contributed by atoms with van der Waals surface area (Å²) in [5.41, 5.74) is 1.86. The van der Waals surface area contributed by atoms with Gasteiger partial charge in [0.15, 0.2) is 6.10 Å². The van der Waals surface area contributed by atoms with E-state index >= 15 is 0 Å². The maximum Gasteiger partial charge on any atom is 0.339 e. The lowest BCUT2D eigenvalue weighted by atomic mass is 10.2. The van der Waals surface area contributed by atoms with Gasteiger partial charge in [-0.2, -0.15) is 0 Å². The second kappa shape index (κ2) is 9.41. The predicted octanol–water partition coefficient (Wildman–Crippen LogP) is 4.10. The van der Waals surface area contributed by atoms with Crippen LogP contribution in [-0.4, -0.2) is 28.1 Å². The van der Waals surface area contributed by atoms with Crippen LogP contribution in [0.25, 0.3) is 0 Å². The molecule has 8 nitrogen and oxygen atoms in total. The Morgan fingerprint density at radius 1 is 1.23 bits per heavy atom. The molecule has 2 aromatic heterocycles. The molecule has 156 valence electrons. The molecule has 3 rings (SSSR count). The van der Waals surface area contributed by atoms with Gasteiger partial charge in [0.25, 0.3) is 5.91 Å². The van der Waals surface area contributed by atoms with Crippen molar-refractivity contribution in [1.82, 2.24) is 10.1 Å². The number of carbonyl (C=O) groups is 2. The van der Waals surface area contributed by atoms with Crippen LogP contribution in [-0.2, 0) is 16.1 Å². The van der Waals surface area contributed by atoms with Crippen LogP contribution in [0.2, 0.25) is 5.02 Å². The molecule has 3 aromatic rings. The number of amides is 1. The molecule has 1 atom stereocenters. The fourth-order valence-electron chi connectivity index (χ4n) is 2.54. The minimum Gasteiger partial charge on any atom is -0.489 e. The van der Waals surface area contributed by atoms with Gasteiger partial charge < -0.3 is 19.3 Å². The Kier molecular flexibility index (Phi) is 6.68. The molecule has 0 radical (unpaired) electrons. The Bertz CT molecular complexity index is 1030. The Morgan fingerprint density at radius 2 is 2.03 bits per heavy atom. The summed E-state index contributed by atoms with van der Waals surface area (Å²) in [4.78, 5) is 28.6. The number of hydrogen-bond acceptors (Lipinski definition) is 7. The van der Waals surface area contributed by atoms with Crippen molar-refractivity contribution in [2.24, 2.45) is 0 Å². The van der Waals surface area contributed by atoms with Crippen LogP contribution in [0.15, 0.2) is 47.1 Å². The molecule has 30 heavy (non-hydrogen) atoms. The van der Waals surface area contributed by atoms with Crippen molar-refractivity contribution in [2.75, 3.05) is 5.32 Å². The Balaban J connectivity index is 1.58. The van der Waals surface area contributed by atoms with Crippen LogP contribution in [0, 0.1) is 13.8 Å². The first-order valence-electron chi connectivity index (χ1n) is 9.11. The van der Waals surface area contributed by atoms with Gasteiger partial charge in [0.2, 0.25) is 0 Å². The van der Waals surface area contributed by atoms with E-state index in [-0.39, 0.29) is 12.2 Å². The number of benzene rings is 1. The second-order valence-corrected chi connectivity index (χ2v) is 6.95. The summed E-state index contributed by atoms with van der Waals surface area (Å²) in [5.74, 6) is 0.306. The van der Waals surface area contributed by atoms with E-state index < -0.39 is 18.0 Å². The highest BCUT2D eigenvalue weighted by atomic mass is 35.5. The highest BCUT2D eigenvalue weighted by molar-refractivity contribution is 6.30. The van der Waals surface area contributed by atoms with Gasteiger partial charge in [-0.15, -0.1) is 0 Å². The number of esters is 1. The molecule has 2 heterocycles.